The van der Waals surface area contributed by atoms with Crippen molar-refractivity contribution in [3.63, 3.8) is 0 Å². The molecule has 17 heavy (non-hydrogen) atoms. The van der Waals surface area contributed by atoms with Gasteiger partial charge in [-0.15, -0.1) is 0 Å². The van der Waals surface area contributed by atoms with Crippen LogP contribution in [0.15, 0.2) is 0 Å². The summed E-state index contributed by atoms with van der Waals surface area (Å²) in [6, 6.07) is 0. The Bertz CT molecular complexity index is 356. The van der Waals surface area contributed by atoms with E-state index < -0.39 is 11.2 Å². The lowest BCUT2D eigenvalue weighted by Gasteiger charge is -2.47. The number of fused-ring (bicyclic) bond motifs is 1. The second kappa shape index (κ2) is 2.91. The van der Waals surface area contributed by atoms with E-state index in [1.807, 2.05) is 13.8 Å². The van der Waals surface area contributed by atoms with E-state index >= 15 is 0 Å². The molecule has 3 fully saturated rings. The van der Waals surface area contributed by atoms with Crippen LogP contribution in [0.3, 0.4) is 0 Å². The molecule has 0 heterocycles. The third kappa shape index (κ3) is 1.19. The zero-order valence-electron chi connectivity index (χ0n) is 11.6. The third-order valence-corrected chi connectivity index (χ3v) is 6.85. The van der Waals surface area contributed by atoms with Crippen LogP contribution in [0.5, 0.6) is 0 Å². The van der Waals surface area contributed by atoms with Gasteiger partial charge in [0.1, 0.15) is 0 Å². The molecule has 0 radical (unpaired) electrons. The Hall–Kier alpha value is -0.0800. The molecule has 1 spiro atoms. The van der Waals surface area contributed by atoms with Crippen molar-refractivity contribution in [1.82, 2.24) is 0 Å². The number of aliphatic hydroxyl groups is 2. The molecule has 0 aromatic carbocycles. The number of rotatable bonds is 0. The highest BCUT2D eigenvalue weighted by atomic mass is 16.3. The minimum absolute atomic E-state index is 0.0867. The van der Waals surface area contributed by atoms with E-state index in [1.165, 1.54) is 0 Å². The molecule has 0 saturated heterocycles. The summed E-state index contributed by atoms with van der Waals surface area (Å²) in [6.45, 7) is 8.66. The maximum atomic E-state index is 10.8. The van der Waals surface area contributed by atoms with Crippen LogP contribution >= 0.6 is 0 Å². The van der Waals surface area contributed by atoms with Crippen molar-refractivity contribution < 1.29 is 10.2 Å². The Morgan fingerprint density at radius 3 is 2.18 bits per heavy atom. The van der Waals surface area contributed by atoms with Crippen molar-refractivity contribution in [2.45, 2.75) is 71.0 Å². The lowest BCUT2D eigenvalue weighted by Crippen LogP contribution is -2.49. The molecule has 3 aliphatic carbocycles. The van der Waals surface area contributed by atoms with Crippen molar-refractivity contribution in [3.8, 4) is 0 Å². The first-order chi connectivity index (χ1) is 7.64. The second-order valence-corrected chi connectivity index (χ2v) is 7.96. The summed E-state index contributed by atoms with van der Waals surface area (Å²) < 4.78 is 0. The van der Waals surface area contributed by atoms with Crippen LogP contribution in [0, 0.1) is 22.7 Å². The van der Waals surface area contributed by atoms with Gasteiger partial charge in [0.2, 0.25) is 0 Å². The molecule has 3 saturated carbocycles. The van der Waals surface area contributed by atoms with E-state index in [0.29, 0.717) is 11.8 Å². The van der Waals surface area contributed by atoms with E-state index in [9.17, 15) is 10.2 Å². The molecule has 2 N–H and O–H groups in total. The van der Waals surface area contributed by atoms with Gasteiger partial charge < -0.3 is 10.2 Å². The molecular formula is C15H26O2. The molecule has 0 amide bonds. The largest absolute Gasteiger partial charge is 0.390 e. The summed E-state index contributed by atoms with van der Waals surface area (Å²) in [7, 11) is 0. The van der Waals surface area contributed by atoms with Gasteiger partial charge in [-0.1, -0.05) is 13.8 Å². The summed E-state index contributed by atoms with van der Waals surface area (Å²) in [5, 5.41) is 21.4. The fourth-order valence-corrected chi connectivity index (χ4v) is 5.86. The van der Waals surface area contributed by atoms with Crippen molar-refractivity contribution >= 4 is 0 Å². The van der Waals surface area contributed by atoms with Crippen LogP contribution < -0.4 is 0 Å². The van der Waals surface area contributed by atoms with Crippen LogP contribution in [0.2, 0.25) is 0 Å². The standard InChI is InChI=1S/C15H26O2/c1-12(2)10-5-6-14(4,17)15(10)8-7-13(3,16)11(12)9-15/h10-11,16-17H,5-9H2,1-4H3/t10?,11-,13-,14+,15-/m1/s1. The summed E-state index contributed by atoms with van der Waals surface area (Å²) in [5.74, 6) is 0.935. The van der Waals surface area contributed by atoms with Gasteiger partial charge in [-0.2, -0.15) is 0 Å². The van der Waals surface area contributed by atoms with Gasteiger partial charge in [-0.25, -0.2) is 0 Å². The molecule has 3 rings (SSSR count). The van der Waals surface area contributed by atoms with Gasteiger partial charge in [-0.3, -0.25) is 0 Å². The first-order valence-corrected chi connectivity index (χ1v) is 7.08. The Labute approximate surface area is 104 Å². The Morgan fingerprint density at radius 1 is 0.882 bits per heavy atom. The predicted octanol–water partition coefficient (Wildman–Crippen LogP) is 2.72. The number of hydrogen-bond acceptors (Lipinski definition) is 2. The SMILES string of the molecule is CC1(C)C2CC[C@](C)(O)[C@@]23CC[C@@](C)(O)[C@@H]1C3. The average molecular weight is 238 g/mol. The topological polar surface area (TPSA) is 40.5 Å². The Morgan fingerprint density at radius 2 is 1.53 bits per heavy atom. The van der Waals surface area contributed by atoms with E-state index in [4.69, 9.17) is 0 Å². The molecule has 1 unspecified atom stereocenters. The molecule has 5 atom stereocenters. The van der Waals surface area contributed by atoms with E-state index in [-0.39, 0.29) is 10.8 Å². The highest BCUT2D eigenvalue weighted by molar-refractivity contribution is 5.21. The first-order valence-electron chi connectivity index (χ1n) is 7.08. The minimum atomic E-state index is -0.533. The van der Waals surface area contributed by atoms with Crippen LogP contribution in [0.1, 0.15) is 59.8 Å². The number of hydrogen-bond donors (Lipinski definition) is 2. The van der Waals surface area contributed by atoms with Crippen molar-refractivity contribution in [2.75, 3.05) is 0 Å². The monoisotopic (exact) mass is 238 g/mol. The predicted molar refractivity (Wildman–Crippen MR) is 67.5 cm³/mol. The van der Waals surface area contributed by atoms with Crippen LogP contribution in [0.25, 0.3) is 0 Å². The van der Waals surface area contributed by atoms with Crippen molar-refractivity contribution in [3.05, 3.63) is 0 Å². The highest BCUT2D eigenvalue weighted by Crippen LogP contribution is 2.74. The van der Waals surface area contributed by atoms with Crippen molar-refractivity contribution in [2.24, 2.45) is 22.7 Å². The quantitative estimate of drug-likeness (QED) is 0.681. The molecular weight excluding hydrogens is 212 g/mol. The first kappa shape index (κ1) is 12.0. The summed E-state index contributed by atoms with van der Waals surface area (Å²) in [4.78, 5) is 0. The Balaban J connectivity index is 2.10. The zero-order chi connectivity index (χ0) is 12.7. The summed E-state index contributed by atoms with van der Waals surface area (Å²) >= 11 is 0. The zero-order valence-corrected chi connectivity index (χ0v) is 11.6. The molecule has 2 heteroatoms. The molecule has 2 bridgehead atoms. The van der Waals surface area contributed by atoms with Crippen LogP contribution in [-0.4, -0.2) is 21.4 Å². The van der Waals surface area contributed by atoms with Crippen LogP contribution in [0.4, 0.5) is 0 Å². The van der Waals surface area contributed by atoms with Crippen LogP contribution in [-0.2, 0) is 0 Å². The molecule has 0 aliphatic heterocycles. The van der Waals surface area contributed by atoms with Gasteiger partial charge in [-0.05, 0) is 63.2 Å². The smallest absolute Gasteiger partial charge is 0.0678 e. The molecule has 2 nitrogen and oxygen atoms in total. The summed E-state index contributed by atoms with van der Waals surface area (Å²) in [5.41, 5.74) is -0.792. The molecule has 0 aromatic rings. The van der Waals surface area contributed by atoms with Gasteiger partial charge in [0.25, 0.3) is 0 Å². The highest BCUT2D eigenvalue weighted by Gasteiger charge is 2.71. The van der Waals surface area contributed by atoms with E-state index in [1.54, 1.807) is 0 Å². The summed E-state index contributed by atoms with van der Waals surface area (Å²) in [6.07, 6.45) is 4.94. The average Bonchev–Trinajstić information content (AvgIpc) is 2.54. The third-order valence-electron chi connectivity index (χ3n) is 6.85. The minimum Gasteiger partial charge on any atom is -0.390 e. The molecule has 0 aromatic heterocycles. The van der Waals surface area contributed by atoms with E-state index in [0.717, 1.165) is 32.1 Å². The maximum Gasteiger partial charge on any atom is 0.0678 e. The fraction of sp³-hybridized carbons (Fsp3) is 1.00. The normalized spacial score (nSPS) is 60.4. The van der Waals surface area contributed by atoms with Gasteiger partial charge in [0.05, 0.1) is 11.2 Å². The van der Waals surface area contributed by atoms with Gasteiger partial charge in [0, 0.05) is 5.41 Å². The fourth-order valence-electron chi connectivity index (χ4n) is 5.86. The van der Waals surface area contributed by atoms with Crippen molar-refractivity contribution in [1.29, 1.82) is 0 Å². The Kier molecular flexibility index (Phi) is 2.05. The van der Waals surface area contributed by atoms with Gasteiger partial charge >= 0.3 is 0 Å². The van der Waals surface area contributed by atoms with E-state index in [2.05, 4.69) is 13.8 Å². The lowest BCUT2D eigenvalue weighted by molar-refractivity contribution is -0.113. The molecule has 3 aliphatic rings. The van der Waals surface area contributed by atoms with Gasteiger partial charge in [0.15, 0.2) is 0 Å². The maximum absolute atomic E-state index is 10.8. The second-order valence-electron chi connectivity index (χ2n) is 7.96. The lowest BCUT2D eigenvalue weighted by atomic mass is 9.62. The molecule has 98 valence electrons.